The van der Waals surface area contributed by atoms with Crippen LogP contribution >= 0.6 is 0 Å². The molecule has 0 fully saturated rings. The highest BCUT2D eigenvalue weighted by atomic mass is 15.4. The quantitative estimate of drug-likeness (QED) is 0.274. The predicted molar refractivity (Wildman–Crippen MR) is 95.1 cm³/mol. The molecule has 21 heavy (non-hydrogen) atoms. The molecule has 0 radical (unpaired) electrons. The third kappa shape index (κ3) is 8.86. The summed E-state index contributed by atoms with van der Waals surface area (Å²) >= 11 is 0. The molecule has 0 bridgehead atoms. The van der Waals surface area contributed by atoms with E-state index in [1.807, 2.05) is 18.2 Å². The zero-order valence-corrected chi connectivity index (χ0v) is 13.9. The Labute approximate surface area is 132 Å². The van der Waals surface area contributed by atoms with Crippen molar-refractivity contribution in [3.8, 4) is 0 Å². The van der Waals surface area contributed by atoms with Gasteiger partial charge < -0.3 is 5.73 Å². The minimum Gasteiger partial charge on any atom is -0.301 e. The van der Waals surface area contributed by atoms with Gasteiger partial charge in [-0.3, -0.25) is 10.2 Å². The van der Waals surface area contributed by atoms with E-state index in [2.05, 4.69) is 36.9 Å². The van der Waals surface area contributed by atoms with Crippen molar-refractivity contribution in [1.82, 2.24) is 10.2 Å². The van der Waals surface area contributed by atoms with E-state index in [0.29, 0.717) is 6.54 Å². The van der Waals surface area contributed by atoms with Crippen LogP contribution in [0.5, 0.6) is 0 Å². The van der Waals surface area contributed by atoms with Crippen molar-refractivity contribution in [2.75, 3.05) is 19.6 Å². The van der Waals surface area contributed by atoms with Gasteiger partial charge in [0.25, 0.3) is 0 Å². The fourth-order valence-corrected chi connectivity index (χ4v) is 2.49. The molecule has 1 unspecified atom stereocenters. The van der Waals surface area contributed by atoms with Gasteiger partial charge in [-0.25, -0.2) is 0 Å². The molecule has 0 aliphatic carbocycles. The fourth-order valence-electron chi connectivity index (χ4n) is 2.49. The molecule has 0 saturated carbocycles. The molecule has 0 aromatic rings. The maximum Gasteiger partial charge on any atom is 0.124 e. The lowest BCUT2D eigenvalue weighted by atomic mass is 10.0. The summed E-state index contributed by atoms with van der Waals surface area (Å²) in [6, 6.07) is 0. The highest BCUT2D eigenvalue weighted by Gasteiger charge is 2.29. The van der Waals surface area contributed by atoms with Crippen LogP contribution in [0.2, 0.25) is 0 Å². The normalized spacial score (nSPS) is 13.9. The summed E-state index contributed by atoms with van der Waals surface area (Å²) in [5, 5.41) is 3.41. The molecule has 0 rings (SSSR count). The first-order valence-corrected chi connectivity index (χ1v) is 8.26. The number of nitrogens with two attached hydrogens (primary N) is 1. The van der Waals surface area contributed by atoms with Crippen LogP contribution in [0.4, 0.5) is 0 Å². The maximum absolute atomic E-state index is 6.61. The van der Waals surface area contributed by atoms with E-state index >= 15 is 0 Å². The summed E-state index contributed by atoms with van der Waals surface area (Å²) < 4.78 is 0. The SMILES string of the molecule is C=CCNC(N)(CCCCCCCC)N(CC=C)CC=C. The molecular formula is C18H35N3. The average Bonchev–Trinajstić information content (AvgIpc) is 2.48. The van der Waals surface area contributed by atoms with Crippen LogP contribution in [0.25, 0.3) is 0 Å². The average molecular weight is 293 g/mol. The van der Waals surface area contributed by atoms with Crippen LogP contribution in [0.1, 0.15) is 51.9 Å². The van der Waals surface area contributed by atoms with E-state index < -0.39 is 5.79 Å². The van der Waals surface area contributed by atoms with Crippen molar-refractivity contribution in [2.24, 2.45) is 5.73 Å². The molecule has 122 valence electrons. The third-order valence-corrected chi connectivity index (χ3v) is 3.73. The molecule has 0 aromatic carbocycles. The number of hydrogen-bond donors (Lipinski definition) is 2. The Hall–Kier alpha value is -0.900. The van der Waals surface area contributed by atoms with Crippen LogP contribution < -0.4 is 11.1 Å². The predicted octanol–water partition coefficient (Wildman–Crippen LogP) is 3.80. The molecule has 0 aliphatic rings. The van der Waals surface area contributed by atoms with Crippen molar-refractivity contribution in [3.05, 3.63) is 38.0 Å². The monoisotopic (exact) mass is 293 g/mol. The second kappa shape index (κ2) is 12.8. The molecular weight excluding hydrogens is 258 g/mol. The molecule has 1 atom stereocenters. The molecule has 0 heterocycles. The highest BCUT2D eigenvalue weighted by molar-refractivity contribution is 4.92. The van der Waals surface area contributed by atoms with Gasteiger partial charge in [-0.2, -0.15) is 0 Å². The standard InChI is InChI=1S/C18H35N3/c1-5-9-10-11-12-13-14-18(19,20-15-6-2)21(16-7-3)17-8-4/h6-8,20H,2-5,9-17,19H2,1H3. The van der Waals surface area contributed by atoms with E-state index in [1.54, 1.807) is 0 Å². The van der Waals surface area contributed by atoms with E-state index in [-0.39, 0.29) is 0 Å². The van der Waals surface area contributed by atoms with Gasteiger partial charge in [0.05, 0.1) is 0 Å². The number of rotatable bonds is 15. The number of nitrogens with zero attached hydrogens (tertiary/aromatic N) is 1. The van der Waals surface area contributed by atoms with Crippen LogP contribution in [0, 0.1) is 0 Å². The van der Waals surface area contributed by atoms with Crippen molar-refractivity contribution < 1.29 is 0 Å². The van der Waals surface area contributed by atoms with Crippen LogP contribution in [-0.4, -0.2) is 30.3 Å². The molecule has 0 saturated heterocycles. The lowest BCUT2D eigenvalue weighted by Gasteiger charge is -2.41. The Kier molecular flexibility index (Phi) is 12.3. The summed E-state index contributed by atoms with van der Waals surface area (Å²) in [5.74, 6) is -0.513. The van der Waals surface area contributed by atoms with Crippen molar-refractivity contribution in [3.63, 3.8) is 0 Å². The molecule has 3 heteroatoms. The van der Waals surface area contributed by atoms with Gasteiger partial charge in [-0.15, -0.1) is 19.7 Å². The van der Waals surface area contributed by atoms with Gasteiger partial charge in [-0.05, 0) is 12.8 Å². The maximum atomic E-state index is 6.61. The Balaban J connectivity index is 4.45. The zero-order chi connectivity index (χ0) is 16.0. The fraction of sp³-hybridized carbons (Fsp3) is 0.667. The van der Waals surface area contributed by atoms with Crippen molar-refractivity contribution in [2.45, 2.75) is 57.7 Å². The molecule has 0 aromatic heterocycles. The van der Waals surface area contributed by atoms with Gasteiger partial charge in [0.2, 0.25) is 0 Å². The second-order valence-corrected chi connectivity index (χ2v) is 5.59. The molecule has 3 N–H and O–H groups in total. The number of hydrogen-bond acceptors (Lipinski definition) is 3. The lowest BCUT2D eigenvalue weighted by Crippen LogP contribution is -2.65. The minimum atomic E-state index is -0.513. The van der Waals surface area contributed by atoms with Crippen molar-refractivity contribution in [1.29, 1.82) is 0 Å². The smallest absolute Gasteiger partial charge is 0.124 e. The molecule has 3 nitrogen and oxygen atoms in total. The Morgan fingerprint density at radius 3 is 2.05 bits per heavy atom. The summed E-state index contributed by atoms with van der Waals surface area (Å²) in [7, 11) is 0. The van der Waals surface area contributed by atoms with Crippen molar-refractivity contribution >= 4 is 0 Å². The third-order valence-electron chi connectivity index (χ3n) is 3.73. The van der Waals surface area contributed by atoms with E-state index in [4.69, 9.17) is 5.73 Å². The molecule has 0 aliphatic heterocycles. The lowest BCUT2D eigenvalue weighted by molar-refractivity contribution is 0.0741. The largest absolute Gasteiger partial charge is 0.301 e. The van der Waals surface area contributed by atoms with Gasteiger partial charge in [0.1, 0.15) is 5.79 Å². The molecule has 0 spiro atoms. The van der Waals surface area contributed by atoms with Crippen LogP contribution in [0.15, 0.2) is 38.0 Å². The number of nitrogens with one attached hydrogen (secondary N) is 1. The Bertz CT molecular complexity index is 278. The first kappa shape index (κ1) is 20.1. The molecule has 0 amide bonds. The van der Waals surface area contributed by atoms with Gasteiger partial charge in [0.15, 0.2) is 0 Å². The first-order chi connectivity index (χ1) is 10.1. The van der Waals surface area contributed by atoms with Gasteiger partial charge >= 0.3 is 0 Å². The first-order valence-electron chi connectivity index (χ1n) is 8.26. The van der Waals surface area contributed by atoms with Gasteiger partial charge in [-0.1, -0.05) is 57.3 Å². The zero-order valence-electron chi connectivity index (χ0n) is 13.9. The number of unbranched alkanes of at least 4 members (excludes halogenated alkanes) is 5. The summed E-state index contributed by atoms with van der Waals surface area (Å²) in [4.78, 5) is 2.18. The summed E-state index contributed by atoms with van der Waals surface area (Å²) in [6.45, 7) is 15.9. The van der Waals surface area contributed by atoms with Crippen LogP contribution in [-0.2, 0) is 0 Å². The van der Waals surface area contributed by atoms with E-state index in [9.17, 15) is 0 Å². The van der Waals surface area contributed by atoms with Gasteiger partial charge in [0, 0.05) is 19.6 Å². The van der Waals surface area contributed by atoms with E-state index in [0.717, 1.165) is 25.9 Å². The Morgan fingerprint density at radius 1 is 0.952 bits per heavy atom. The highest BCUT2D eigenvalue weighted by Crippen LogP contribution is 2.16. The summed E-state index contributed by atoms with van der Waals surface area (Å²) in [5.41, 5.74) is 6.61. The minimum absolute atomic E-state index is 0.513. The van der Waals surface area contributed by atoms with E-state index in [1.165, 1.54) is 32.1 Å². The topological polar surface area (TPSA) is 41.3 Å². The second-order valence-electron chi connectivity index (χ2n) is 5.59. The Morgan fingerprint density at radius 2 is 1.52 bits per heavy atom. The summed E-state index contributed by atoms with van der Waals surface area (Å²) in [6.07, 6.45) is 14.2. The van der Waals surface area contributed by atoms with Crippen LogP contribution in [0.3, 0.4) is 0 Å².